The summed E-state index contributed by atoms with van der Waals surface area (Å²) in [7, 11) is -3.96. The van der Waals surface area contributed by atoms with E-state index in [9.17, 15) is 12.8 Å². The molecule has 0 unspecified atom stereocenters. The van der Waals surface area contributed by atoms with Crippen LogP contribution in [0.1, 0.15) is 0 Å². The molecule has 0 radical (unpaired) electrons. The Morgan fingerprint density at radius 3 is 2.65 bits per heavy atom. The Morgan fingerprint density at radius 2 is 2.06 bits per heavy atom. The van der Waals surface area contributed by atoms with E-state index in [4.69, 9.17) is 16.7 Å². The van der Waals surface area contributed by atoms with Crippen LogP contribution in [-0.2, 0) is 10.0 Å². The van der Waals surface area contributed by atoms with Crippen molar-refractivity contribution in [2.75, 3.05) is 0 Å². The molecule has 0 fully saturated rings. The highest BCUT2D eigenvalue weighted by Crippen LogP contribution is 2.20. The van der Waals surface area contributed by atoms with Crippen LogP contribution in [0.15, 0.2) is 35.5 Å². The molecule has 17 heavy (non-hydrogen) atoms. The third-order valence-corrected chi connectivity index (χ3v) is 3.16. The summed E-state index contributed by atoms with van der Waals surface area (Å²) in [6.07, 6.45) is 1.22. The van der Waals surface area contributed by atoms with Gasteiger partial charge in [-0.25, -0.2) is 22.6 Å². The SMILES string of the molecule is NS(=O)(=O)c1ccnn1-c1ccc(Cl)cc1F. The van der Waals surface area contributed by atoms with Gasteiger partial charge in [0.1, 0.15) is 11.5 Å². The van der Waals surface area contributed by atoms with Crippen molar-refractivity contribution >= 4 is 21.6 Å². The average molecular weight is 276 g/mol. The lowest BCUT2D eigenvalue weighted by molar-refractivity contribution is 0.578. The molecular weight excluding hydrogens is 269 g/mol. The van der Waals surface area contributed by atoms with E-state index in [1.165, 1.54) is 24.4 Å². The minimum atomic E-state index is -3.96. The molecule has 0 bridgehead atoms. The largest absolute Gasteiger partial charge is 0.255 e. The third kappa shape index (κ3) is 2.31. The zero-order valence-electron chi connectivity index (χ0n) is 8.34. The van der Waals surface area contributed by atoms with Gasteiger partial charge in [-0.2, -0.15) is 5.10 Å². The first-order valence-electron chi connectivity index (χ1n) is 4.42. The summed E-state index contributed by atoms with van der Waals surface area (Å²) in [5.41, 5.74) is -0.0385. The molecule has 0 aliphatic carbocycles. The molecule has 1 aromatic heterocycles. The van der Waals surface area contributed by atoms with Crippen molar-refractivity contribution in [3.05, 3.63) is 41.3 Å². The van der Waals surface area contributed by atoms with Crippen molar-refractivity contribution in [3.63, 3.8) is 0 Å². The summed E-state index contributed by atoms with van der Waals surface area (Å²) in [5.74, 6) is -0.689. The van der Waals surface area contributed by atoms with Gasteiger partial charge in [0, 0.05) is 5.02 Å². The van der Waals surface area contributed by atoms with Crippen molar-refractivity contribution in [3.8, 4) is 5.69 Å². The van der Waals surface area contributed by atoms with E-state index in [0.29, 0.717) is 0 Å². The number of nitrogens with two attached hydrogens (primary N) is 1. The summed E-state index contributed by atoms with van der Waals surface area (Å²) in [6.45, 7) is 0. The highest BCUT2D eigenvalue weighted by Gasteiger charge is 2.17. The van der Waals surface area contributed by atoms with E-state index < -0.39 is 15.8 Å². The number of nitrogens with zero attached hydrogens (tertiary/aromatic N) is 2. The Morgan fingerprint density at radius 1 is 1.35 bits per heavy atom. The normalized spacial score (nSPS) is 11.7. The van der Waals surface area contributed by atoms with Crippen molar-refractivity contribution in [1.82, 2.24) is 9.78 Å². The standard InChI is InChI=1S/C9H7ClFN3O2S/c10-6-1-2-8(7(11)5-6)14-9(3-4-13-14)17(12,15)16/h1-5H,(H2,12,15,16). The van der Waals surface area contributed by atoms with E-state index in [2.05, 4.69) is 5.10 Å². The fourth-order valence-electron chi connectivity index (χ4n) is 1.34. The van der Waals surface area contributed by atoms with Crippen LogP contribution in [0, 0.1) is 5.82 Å². The Bertz CT molecular complexity index is 669. The molecule has 0 saturated carbocycles. The van der Waals surface area contributed by atoms with Crippen molar-refractivity contribution in [2.45, 2.75) is 5.03 Å². The van der Waals surface area contributed by atoms with Crippen LogP contribution in [-0.4, -0.2) is 18.2 Å². The molecule has 0 amide bonds. The molecule has 5 nitrogen and oxygen atoms in total. The van der Waals surface area contributed by atoms with Crippen molar-refractivity contribution in [2.24, 2.45) is 5.14 Å². The topological polar surface area (TPSA) is 78.0 Å². The summed E-state index contributed by atoms with van der Waals surface area (Å²) in [5, 5.41) is 8.61. The lowest BCUT2D eigenvalue weighted by Crippen LogP contribution is -2.17. The van der Waals surface area contributed by atoms with E-state index in [1.54, 1.807) is 0 Å². The maximum atomic E-state index is 13.6. The number of benzene rings is 1. The summed E-state index contributed by atoms with van der Waals surface area (Å²) < 4.78 is 37.0. The first-order chi connectivity index (χ1) is 7.89. The Balaban J connectivity index is 2.66. The highest BCUT2D eigenvalue weighted by molar-refractivity contribution is 7.89. The second kappa shape index (κ2) is 4.10. The molecule has 2 rings (SSSR count). The van der Waals surface area contributed by atoms with Gasteiger partial charge in [-0.05, 0) is 24.3 Å². The first-order valence-corrected chi connectivity index (χ1v) is 6.34. The first kappa shape index (κ1) is 12.0. The second-order valence-electron chi connectivity index (χ2n) is 3.22. The number of rotatable bonds is 2. The minimum Gasteiger partial charge on any atom is -0.223 e. The van der Waals surface area contributed by atoms with Crippen molar-refractivity contribution < 1.29 is 12.8 Å². The van der Waals surface area contributed by atoms with E-state index in [-0.39, 0.29) is 15.7 Å². The lowest BCUT2D eigenvalue weighted by Gasteiger charge is -2.06. The minimum absolute atomic E-state index is 0.0385. The van der Waals surface area contributed by atoms with Gasteiger partial charge in [0.25, 0.3) is 10.0 Å². The molecule has 1 aromatic carbocycles. The van der Waals surface area contributed by atoms with Gasteiger partial charge in [-0.15, -0.1) is 0 Å². The number of hydrogen-bond acceptors (Lipinski definition) is 3. The van der Waals surface area contributed by atoms with Crippen LogP contribution in [0.2, 0.25) is 5.02 Å². The van der Waals surface area contributed by atoms with Crippen LogP contribution in [0.5, 0.6) is 0 Å². The second-order valence-corrected chi connectivity index (χ2v) is 5.17. The van der Waals surface area contributed by atoms with Gasteiger partial charge in [-0.1, -0.05) is 11.6 Å². The predicted octanol–water partition coefficient (Wildman–Crippen LogP) is 1.31. The number of aromatic nitrogens is 2. The van der Waals surface area contributed by atoms with Crippen LogP contribution < -0.4 is 5.14 Å². The van der Waals surface area contributed by atoms with Crippen LogP contribution in [0.4, 0.5) is 4.39 Å². The molecule has 8 heteroatoms. The molecule has 1 heterocycles. The van der Waals surface area contributed by atoms with Crippen molar-refractivity contribution in [1.29, 1.82) is 0 Å². The lowest BCUT2D eigenvalue weighted by atomic mass is 10.3. The quantitative estimate of drug-likeness (QED) is 0.898. The molecule has 90 valence electrons. The Hall–Kier alpha value is -1.44. The van der Waals surface area contributed by atoms with Crippen LogP contribution >= 0.6 is 11.6 Å². The Kier molecular flexibility index (Phi) is 2.90. The number of primary sulfonamides is 1. The maximum absolute atomic E-state index is 13.6. The zero-order chi connectivity index (χ0) is 12.6. The zero-order valence-corrected chi connectivity index (χ0v) is 9.91. The van der Waals surface area contributed by atoms with E-state index >= 15 is 0 Å². The van der Waals surface area contributed by atoms with Gasteiger partial charge >= 0.3 is 0 Å². The molecule has 0 saturated heterocycles. The number of halogens is 2. The molecule has 2 aromatic rings. The number of sulfonamides is 1. The fraction of sp³-hybridized carbons (Fsp3) is 0. The predicted molar refractivity (Wildman–Crippen MR) is 59.9 cm³/mol. The molecule has 0 spiro atoms. The molecule has 0 aliphatic rings. The van der Waals surface area contributed by atoms with Gasteiger partial charge < -0.3 is 0 Å². The fourth-order valence-corrected chi connectivity index (χ4v) is 2.14. The van der Waals surface area contributed by atoms with E-state index in [0.717, 1.165) is 10.7 Å². The highest BCUT2D eigenvalue weighted by atomic mass is 35.5. The summed E-state index contributed by atoms with van der Waals surface area (Å²) in [6, 6.07) is 4.99. The van der Waals surface area contributed by atoms with Crippen LogP contribution in [0.25, 0.3) is 5.69 Å². The van der Waals surface area contributed by atoms with Gasteiger partial charge in [0.2, 0.25) is 0 Å². The Labute approximate surface area is 102 Å². The third-order valence-electron chi connectivity index (χ3n) is 2.04. The van der Waals surface area contributed by atoms with Crippen LogP contribution in [0.3, 0.4) is 0 Å². The summed E-state index contributed by atoms with van der Waals surface area (Å²) in [4.78, 5) is 0. The smallest absolute Gasteiger partial charge is 0.223 e. The van der Waals surface area contributed by atoms with E-state index in [1.807, 2.05) is 0 Å². The van der Waals surface area contributed by atoms with Gasteiger partial charge in [0.05, 0.1) is 6.20 Å². The molecular formula is C9H7ClFN3O2S. The van der Waals surface area contributed by atoms with Gasteiger partial charge in [-0.3, -0.25) is 0 Å². The number of hydrogen-bond donors (Lipinski definition) is 1. The molecule has 0 atom stereocenters. The maximum Gasteiger partial charge on any atom is 0.255 e. The monoisotopic (exact) mass is 275 g/mol. The molecule has 2 N–H and O–H groups in total. The summed E-state index contributed by atoms with van der Waals surface area (Å²) >= 11 is 5.60. The average Bonchev–Trinajstić information content (AvgIpc) is 2.65. The van der Waals surface area contributed by atoms with Gasteiger partial charge in [0.15, 0.2) is 5.03 Å². The molecule has 0 aliphatic heterocycles.